The number of nitrogens with zero attached hydrogens (tertiary/aromatic N) is 3. The normalized spacial score (nSPS) is 14.9. The van der Waals surface area contributed by atoms with Crippen molar-refractivity contribution in [1.29, 1.82) is 0 Å². The Bertz CT molecular complexity index is 1290. The third-order valence-corrected chi connectivity index (χ3v) is 6.50. The number of ether oxygens (including phenoxy) is 3. The molecule has 0 spiro atoms. The minimum absolute atomic E-state index is 0.210. The average Bonchev–Trinajstić information content (AvgIpc) is 3.27. The number of fused-ring (bicyclic) bond motifs is 1. The number of halogens is 3. The Balaban J connectivity index is 1.75. The van der Waals surface area contributed by atoms with E-state index in [1.807, 2.05) is 32.0 Å². The van der Waals surface area contributed by atoms with Gasteiger partial charge in [-0.05, 0) is 66.5 Å². The summed E-state index contributed by atoms with van der Waals surface area (Å²) in [6, 6.07) is 8.36. The maximum atomic E-state index is 12.9. The molecule has 1 unspecified atom stereocenters. The lowest BCUT2D eigenvalue weighted by atomic mass is 9.95. The molecule has 0 bridgehead atoms. The fourth-order valence-corrected chi connectivity index (χ4v) is 4.85. The second kappa shape index (κ2) is 10.9. The van der Waals surface area contributed by atoms with Gasteiger partial charge in [-0.25, -0.2) is 9.48 Å². The lowest BCUT2D eigenvalue weighted by Gasteiger charge is -2.29. The number of esters is 1. The van der Waals surface area contributed by atoms with Crippen LogP contribution in [0.5, 0.6) is 11.5 Å². The number of hydrogen-bond donors (Lipinski definition) is 1. The smallest absolute Gasteiger partial charge is 0.338 e. The van der Waals surface area contributed by atoms with Crippen molar-refractivity contribution >= 4 is 51.0 Å². The van der Waals surface area contributed by atoms with E-state index in [9.17, 15) is 4.79 Å². The zero-order valence-electron chi connectivity index (χ0n) is 19.3. The van der Waals surface area contributed by atoms with Gasteiger partial charge in [-0.1, -0.05) is 29.3 Å². The Morgan fingerprint density at radius 3 is 2.69 bits per heavy atom. The highest BCUT2D eigenvalue weighted by Gasteiger charge is 2.35. The van der Waals surface area contributed by atoms with Crippen molar-refractivity contribution in [1.82, 2.24) is 14.8 Å². The number of nitrogens with one attached hydrogen (secondary N) is 1. The molecule has 1 atom stereocenters. The predicted octanol–water partition coefficient (Wildman–Crippen LogP) is 6.18. The molecule has 0 saturated carbocycles. The maximum absolute atomic E-state index is 12.9. The van der Waals surface area contributed by atoms with E-state index >= 15 is 0 Å². The molecule has 0 radical (unpaired) electrons. The van der Waals surface area contributed by atoms with Crippen molar-refractivity contribution in [3.63, 3.8) is 0 Å². The van der Waals surface area contributed by atoms with Crippen LogP contribution in [0.1, 0.15) is 37.9 Å². The van der Waals surface area contributed by atoms with Gasteiger partial charge < -0.3 is 19.5 Å². The Morgan fingerprint density at radius 2 is 1.97 bits per heavy atom. The van der Waals surface area contributed by atoms with Crippen LogP contribution >= 0.6 is 39.1 Å². The molecule has 1 aliphatic heterocycles. The first-order valence-electron chi connectivity index (χ1n) is 10.9. The Morgan fingerprint density at radius 1 is 1.17 bits per heavy atom. The molecule has 3 aromatic rings. The third-order valence-electron chi connectivity index (χ3n) is 5.32. The maximum Gasteiger partial charge on any atom is 0.338 e. The fraction of sp³-hybridized carbons (Fsp3) is 0.292. The molecule has 11 heteroatoms. The van der Waals surface area contributed by atoms with E-state index in [0.29, 0.717) is 49.8 Å². The van der Waals surface area contributed by atoms with Gasteiger partial charge in [-0.15, -0.1) is 0 Å². The Labute approximate surface area is 221 Å². The number of hydrogen-bond acceptors (Lipinski definition) is 7. The van der Waals surface area contributed by atoms with Crippen molar-refractivity contribution < 1.29 is 19.0 Å². The zero-order chi connectivity index (χ0) is 25.1. The summed E-state index contributed by atoms with van der Waals surface area (Å²) in [4.78, 5) is 17.2. The summed E-state index contributed by atoms with van der Waals surface area (Å²) >= 11 is 15.9. The van der Waals surface area contributed by atoms with Gasteiger partial charge >= 0.3 is 5.97 Å². The first-order chi connectivity index (χ1) is 16.8. The Hall–Kier alpha value is -2.75. The van der Waals surface area contributed by atoms with Crippen molar-refractivity contribution in [2.24, 2.45) is 0 Å². The largest absolute Gasteiger partial charge is 0.490 e. The molecule has 2 aromatic carbocycles. The molecule has 0 amide bonds. The predicted molar refractivity (Wildman–Crippen MR) is 137 cm³/mol. The first kappa shape index (κ1) is 25.3. The van der Waals surface area contributed by atoms with Crippen molar-refractivity contribution in [3.8, 4) is 11.5 Å². The highest BCUT2D eigenvalue weighted by atomic mass is 79.9. The number of aromatic nitrogens is 3. The topological polar surface area (TPSA) is 87.5 Å². The van der Waals surface area contributed by atoms with Crippen LogP contribution < -0.4 is 14.8 Å². The molecule has 184 valence electrons. The second-order valence-corrected chi connectivity index (χ2v) is 9.30. The minimum atomic E-state index is -0.580. The van der Waals surface area contributed by atoms with Crippen LogP contribution in [0.15, 0.2) is 52.4 Å². The number of allylic oxidation sites excluding steroid dienone is 1. The van der Waals surface area contributed by atoms with E-state index in [1.54, 1.807) is 23.7 Å². The van der Waals surface area contributed by atoms with Gasteiger partial charge in [0.1, 0.15) is 19.0 Å². The van der Waals surface area contributed by atoms with Gasteiger partial charge in [0.25, 0.3) is 0 Å². The highest BCUT2D eigenvalue weighted by Crippen LogP contribution is 2.43. The zero-order valence-corrected chi connectivity index (χ0v) is 22.4. The highest BCUT2D eigenvalue weighted by molar-refractivity contribution is 9.10. The van der Waals surface area contributed by atoms with E-state index in [1.165, 1.54) is 6.33 Å². The van der Waals surface area contributed by atoms with Crippen LogP contribution in [0.25, 0.3) is 0 Å². The summed E-state index contributed by atoms with van der Waals surface area (Å²) in [5.74, 6) is 1.10. The summed E-state index contributed by atoms with van der Waals surface area (Å²) in [6.45, 7) is 6.33. The summed E-state index contributed by atoms with van der Waals surface area (Å²) in [5, 5.41) is 8.53. The van der Waals surface area contributed by atoms with Crippen LogP contribution in [-0.2, 0) is 16.1 Å². The van der Waals surface area contributed by atoms with Crippen LogP contribution in [0.3, 0.4) is 0 Å². The van der Waals surface area contributed by atoms with Crippen molar-refractivity contribution in [2.45, 2.75) is 33.4 Å². The van der Waals surface area contributed by atoms with E-state index < -0.39 is 12.0 Å². The quantitative estimate of drug-likeness (QED) is 0.318. The van der Waals surface area contributed by atoms with Crippen LogP contribution in [-0.4, -0.2) is 33.9 Å². The molecule has 4 rings (SSSR count). The number of carbonyl (C=O) groups is 1. The van der Waals surface area contributed by atoms with Crippen LogP contribution in [0.2, 0.25) is 10.0 Å². The van der Waals surface area contributed by atoms with E-state index in [2.05, 4.69) is 31.3 Å². The lowest BCUT2D eigenvalue weighted by molar-refractivity contribution is -0.139. The first-order valence-corrected chi connectivity index (χ1v) is 12.5. The molecule has 0 aliphatic carbocycles. The molecule has 0 saturated heterocycles. The monoisotopic (exact) mass is 580 g/mol. The minimum Gasteiger partial charge on any atom is -0.490 e. The average molecular weight is 582 g/mol. The molecule has 1 aromatic heterocycles. The summed E-state index contributed by atoms with van der Waals surface area (Å²) in [5.41, 5.74) is 2.60. The molecule has 0 fully saturated rings. The summed E-state index contributed by atoms with van der Waals surface area (Å²) < 4.78 is 19.7. The van der Waals surface area contributed by atoms with E-state index in [-0.39, 0.29) is 13.2 Å². The van der Waals surface area contributed by atoms with Crippen molar-refractivity contribution in [2.75, 3.05) is 18.5 Å². The molecule has 35 heavy (non-hydrogen) atoms. The number of rotatable bonds is 8. The van der Waals surface area contributed by atoms with Gasteiger partial charge in [-0.3, -0.25) is 0 Å². The molecular weight excluding hydrogens is 559 g/mol. The van der Waals surface area contributed by atoms with Gasteiger partial charge in [0.2, 0.25) is 5.95 Å². The molecular formula is C24H23BrCl2N4O4. The van der Waals surface area contributed by atoms with Gasteiger partial charge in [0.15, 0.2) is 11.5 Å². The molecule has 1 N–H and O–H groups in total. The van der Waals surface area contributed by atoms with E-state index in [4.69, 9.17) is 37.4 Å². The van der Waals surface area contributed by atoms with Gasteiger partial charge in [-0.2, -0.15) is 10.1 Å². The molecule has 2 heterocycles. The number of anilines is 1. The van der Waals surface area contributed by atoms with Gasteiger partial charge in [0, 0.05) is 21.3 Å². The van der Waals surface area contributed by atoms with Gasteiger partial charge in [0.05, 0.1) is 23.3 Å². The van der Waals surface area contributed by atoms with E-state index in [0.717, 1.165) is 11.1 Å². The lowest BCUT2D eigenvalue weighted by Crippen LogP contribution is -2.29. The number of benzene rings is 2. The summed E-state index contributed by atoms with van der Waals surface area (Å²) in [7, 11) is 0. The van der Waals surface area contributed by atoms with Crippen LogP contribution in [0, 0.1) is 0 Å². The standard InChI is InChI=1S/C24H23BrCl2N4O4/c1-4-33-19-9-15(8-17(25)22(19)35-11-14-6-7-16(26)10-18(14)27)21-20(23(32)34-5-2)13(3)30-24-28-12-29-31(21)24/h6-10,12,21H,4-5,11H2,1-3H3,(H,28,29,30). The summed E-state index contributed by atoms with van der Waals surface area (Å²) in [6.07, 6.45) is 1.43. The van der Waals surface area contributed by atoms with Crippen LogP contribution in [0.4, 0.5) is 5.95 Å². The van der Waals surface area contributed by atoms with Crippen molar-refractivity contribution in [3.05, 3.63) is 73.6 Å². The third kappa shape index (κ3) is 5.27. The molecule has 1 aliphatic rings. The fourth-order valence-electron chi connectivity index (χ4n) is 3.81. The Kier molecular flexibility index (Phi) is 7.88. The second-order valence-electron chi connectivity index (χ2n) is 7.60. The SMILES string of the molecule is CCOC(=O)C1=C(C)Nc2ncnn2C1c1cc(Br)c(OCc2ccc(Cl)cc2Cl)c(OCC)c1. The molecule has 8 nitrogen and oxygen atoms in total. The number of carbonyl (C=O) groups excluding carboxylic acids is 1.